The van der Waals surface area contributed by atoms with Gasteiger partial charge in [-0.05, 0) is 36.5 Å². The van der Waals surface area contributed by atoms with E-state index in [0.29, 0.717) is 11.8 Å². The van der Waals surface area contributed by atoms with Gasteiger partial charge in [0.1, 0.15) is 0 Å². The quantitative estimate of drug-likeness (QED) is 0.770. The van der Waals surface area contributed by atoms with E-state index in [1.54, 1.807) is 6.92 Å². The zero-order chi connectivity index (χ0) is 11.5. The molecule has 0 aliphatic carbocycles. The Kier molecular flexibility index (Phi) is 2.82. The second kappa shape index (κ2) is 4.28. The van der Waals surface area contributed by atoms with Crippen LogP contribution >= 0.6 is 12.2 Å². The summed E-state index contributed by atoms with van der Waals surface area (Å²) >= 11 is 4.73. The van der Waals surface area contributed by atoms with Crippen LogP contribution in [-0.2, 0) is 0 Å². The first-order valence-electron chi connectivity index (χ1n) is 4.62. The van der Waals surface area contributed by atoms with Gasteiger partial charge < -0.3 is 15.5 Å². The molecule has 2 aromatic rings. The molecule has 1 heterocycles. The molecule has 0 saturated heterocycles. The van der Waals surface area contributed by atoms with E-state index in [1.807, 2.05) is 24.3 Å². The van der Waals surface area contributed by atoms with Crippen LogP contribution in [0, 0.1) is 6.92 Å². The van der Waals surface area contributed by atoms with Crippen LogP contribution in [0.2, 0.25) is 0 Å². The van der Waals surface area contributed by atoms with Crippen LogP contribution in [-0.4, -0.2) is 15.3 Å². The Bertz CT molecular complexity index is 506. The van der Waals surface area contributed by atoms with Gasteiger partial charge in [-0.2, -0.15) is 0 Å². The van der Waals surface area contributed by atoms with Crippen molar-refractivity contribution in [2.45, 2.75) is 6.92 Å². The van der Waals surface area contributed by atoms with E-state index in [1.165, 1.54) is 0 Å². The lowest BCUT2D eigenvalue weighted by Gasteiger charge is -2.03. The van der Waals surface area contributed by atoms with Gasteiger partial charge in [0.05, 0.1) is 0 Å². The van der Waals surface area contributed by atoms with E-state index in [4.69, 9.17) is 22.4 Å². The molecule has 0 aliphatic rings. The molecule has 0 bridgehead atoms. The molecule has 2 rings (SSSR count). The molecule has 1 aromatic heterocycles. The molecule has 0 aliphatic heterocycles. The number of benzene rings is 1. The fourth-order valence-corrected chi connectivity index (χ4v) is 1.37. The van der Waals surface area contributed by atoms with E-state index in [-0.39, 0.29) is 5.11 Å². The highest BCUT2D eigenvalue weighted by atomic mass is 32.1. The monoisotopic (exact) mass is 234 g/mol. The average Bonchev–Trinajstić information content (AvgIpc) is 2.65. The molecule has 0 spiro atoms. The second-order valence-corrected chi connectivity index (χ2v) is 3.63. The standard InChI is InChI=1S/C10H10N4OS/c1-6-13-14-9(15-6)7-2-4-8(5-3-7)12-10(11)16/h2-5H,1H3,(H3,11,12,16). The third-order valence-electron chi connectivity index (χ3n) is 1.93. The first-order valence-corrected chi connectivity index (χ1v) is 5.03. The van der Waals surface area contributed by atoms with Crippen molar-refractivity contribution in [3.63, 3.8) is 0 Å². The number of thiocarbonyl (C=S) groups is 1. The molecular weight excluding hydrogens is 224 g/mol. The Labute approximate surface area is 97.7 Å². The molecule has 6 heteroatoms. The summed E-state index contributed by atoms with van der Waals surface area (Å²) in [6.45, 7) is 1.75. The van der Waals surface area contributed by atoms with Crippen molar-refractivity contribution in [3.05, 3.63) is 30.2 Å². The number of aromatic nitrogens is 2. The number of aryl methyl sites for hydroxylation is 1. The first-order chi connectivity index (χ1) is 7.65. The van der Waals surface area contributed by atoms with Crippen molar-refractivity contribution in [1.29, 1.82) is 0 Å². The van der Waals surface area contributed by atoms with Crippen LogP contribution in [0.5, 0.6) is 0 Å². The van der Waals surface area contributed by atoms with Gasteiger partial charge in [0.15, 0.2) is 5.11 Å². The van der Waals surface area contributed by atoms with Crippen molar-refractivity contribution in [1.82, 2.24) is 10.2 Å². The van der Waals surface area contributed by atoms with Gasteiger partial charge in [0, 0.05) is 18.2 Å². The summed E-state index contributed by atoms with van der Waals surface area (Å²) < 4.78 is 5.30. The zero-order valence-corrected chi connectivity index (χ0v) is 9.41. The van der Waals surface area contributed by atoms with E-state index in [0.717, 1.165) is 11.3 Å². The van der Waals surface area contributed by atoms with Crippen LogP contribution < -0.4 is 11.1 Å². The largest absolute Gasteiger partial charge is 0.421 e. The highest BCUT2D eigenvalue weighted by molar-refractivity contribution is 7.80. The highest BCUT2D eigenvalue weighted by Crippen LogP contribution is 2.19. The topological polar surface area (TPSA) is 77.0 Å². The highest BCUT2D eigenvalue weighted by Gasteiger charge is 2.05. The van der Waals surface area contributed by atoms with Crippen molar-refractivity contribution in [2.24, 2.45) is 5.73 Å². The van der Waals surface area contributed by atoms with Gasteiger partial charge in [-0.15, -0.1) is 10.2 Å². The second-order valence-electron chi connectivity index (χ2n) is 3.19. The van der Waals surface area contributed by atoms with Gasteiger partial charge in [0.2, 0.25) is 11.8 Å². The van der Waals surface area contributed by atoms with Crippen molar-refractivity contribution in [3.8, 4) is 11.5 Å². The Morgan fingerprint density at radius 2 is 2.00 bits per heavy atom. The number of nitrogens with two attached hydrogens (primary N) is 1. The third kappa shape index (κ3) is 2.34. The molecule has 16 heavy (non-hydrogen) atoms. The first kappa shape index (κ1) is 10.6. The molecular formula is C10H10N4OS. The minimum absolute atomic E-state index is 0.237. The Morgan fingerprint density at radius 3 is 2.50 bits per heavy atom. The van der Waals surface area contributed by atoms with Crippen LogP contribution in [0.1, 0.15) is 5.89 Å². The van der Waals surface area contributed by atoms with Gasteiger partial charge in [-0.1, -0.05) is 0 Å². The molecule has 0 saturated carbocycles. The van der Waals surface area contributed by atoms with Gasteiger partial charge >= 0.3 is 0 Å². The normalized spacial score (nSPS) is 10.1. The maximum Gasteiger partial charge on any atom is 0.247 e. The molecule has 5 nitrogen and oxygen atoms in total. The summed E-state index contributed by atoms with van der Waals surface area (Å²) in [5, 5.41) is 10.7. The van der Waals surface area contributed by atoms with Crippen LogP contribution in [0.3, 0.4) is 0 Å². The Morgan fingerprint density at radius 1 is 1.31 bits per heavy atom. The number of hydrogen-bond acceptors (Lipinski definition) is 4. The van der Waals surface area contributed by atoms with E-state index in [2.05, 4.69) is 15.5 Å². The molecule has 3 N–H and O–H groups in total. The Balaban J connectivity index is 2.22. The van der Waals surface area contributed by atoms with Gasteiger partial charge in [0.25, 0.3) is 0 Å². The summed E-state index contributed by atoms with van der Waals surface area (Å²) in [4.78, 5) is 0. The summed E-state index contributed by atoms with van der Waals surface area (Å²) in [7, 11) is 0. The molecule has 82 valence electrons. The van der Waals surface area contributed by atoms with Crippen LogP contribution in [0.25, 0.3) is 11.5 Å². The maximum absolute atomic E-state index is 5.36. The Hall–Kier alpha value is -1.95. The lowest BCUT2D eigenvalue weighted by Crippen LogP contribution is -2.18. The van der Waals surface area contributed by atoms with Crippen molar-refractivity contribution >= 4 is 23.0 Å². The molecule has 0 amide bonds. The molecule has 0 atom stereocenters. The number of rotatable bonds is 2. The summed E-state index contributed by atoms with van der Waals surface area (Å²) in [6, 6.07) is 7.39. The number of nitrogens with zero attached hydrogens (tertiary/aromatic N) is 2. The van der Waals surface area contributed by atoms with E-state index >= 15 is 0 Å². The average molecular weight is 234 g/mol. The maximum atomic E-state index is 5.36. The van der Waals surface area contributed by atoms with Crippen LogP contribution in [0.4, 0.5) is 5.69 Å². The lowest BCUT2D eigenvalue weighted by atomic mass is 10.2. The molecule has 1 aromatic carbocycles. The number of nitrogens with one attached hydrogen (secondary N) is 1. The molecule has 0 radical (unpaired) electrons. The zero-order valence-electron chi connectivity index (χ0n) is 8.60. The van der Waals surface area contributed by atoms with Gasteiger partial charge in [-0.25, -0.2) is 0 Å². The van der Waals surface area contributed by atoms with Crippen LogP contribution in [0.15, 0.2) is 28.7 Å². The smallest absolute Gasteiger partial charge is 0.247 e. The SMILES string of the molecule is Cc1nnc(-c2ccc(NC(N)=S)cc2)o1. The van der Waals surface area contributed by atoms with E-state index < -0.39 is 0 Å². The predicted octanol–water partition coefficient (Wildman–Crippen LogP) is 1.70. The fourth-order valence-electron chi connectivity index (χ4n) is 1.25. The minimum atomic E-state index is 0.237. The summed E-state index contributed by atoms with van der Waals surface area (Å²) in [5.74, 6) is 1.04. The summed E-state index contributed by atoms with van der Waals surface area (Å²) in [5.41, 5.74) is 7.04. The fraction of sp³-hybridized carbons (Fsp3) is 0.100. The minimum Gasteiger partial charge on any atom is -0.421 e. The van der Waals surface area contributed by atoms with Crippen molar-refractivity contribution < 1.29 is 4.42 Å². The number of hydrogen-bond donors (Lipinski definition) is 2. The van der Waals surface area contributed by atoms with Crippen molar-refractivity contribution in [2.75, 3.05) is 5.32 Å². The summed E-state index contributed by atoms with van der Waals surface area (Å²) in [6.07, 6.45) is 0. The van der Waals surface area contributed by atoms with E-state index in [9.17, 15) is 0 Å². The van der Waals surface area contributed by atoms with Gasteiger partial charge in [-0.3, -0.25) is 0 Å². The molecule has 0 fully saturated rings. The third-order valence-corrected chi connectivity index (χ3v) is 2.03. The lowest BCUT2D eigenvalue weighted by molar-refractivity contribution is 0.533. The molecule has 0 unspecified atom stereocenters. The predicted molar refractivity (Wildman–Crippen MR) is 64.9 cm³/mol. The number of anilines is 1.